The van der Waals surface area contributed by atoms with Crippen LogP contribution in [0.25, 0.3) is 22.5 Å². The molecule has 3 heterocycles. The van der Waals surface area contributed by atoms with E-state index in [0.717, 1.165) is 5.69 Å². The van der Waals surface area contributed by atoms with Crippen molar-refractivity contribution >= 4 is 28.6 Å². The van der Waals surface area contributed by atoms with Crippen molar-refractivity contribution in [3.05, 3.63) is 52.9 Å². The van der Waals surface area contributed by atoms with E-state index < -0.39 is 0 Å². The normalized spacial score (nSPS) is 11.3. The fourth-order valence-electron chi connectivity index (χ4n) is 2.27. The van der Waals surface area contributed by atoms with Gasteiger partial charge in [0.15, 0.2) is 5.52 Å². The molecule has 0 fully saturated rings. The molecule has 0 unspecified atom stereocenters. The topological polar surface area (TPSA) is 78.0 Å². The first-order valence-electron chi connectivity index (χ1n) is 6.52. The lowest BCUT2D eigenvalue weighted by atomic mass is 10.3. The lowest BCUT2D eigenvalue weighted by molar-refractivity contribution is 0.885. The minimum Gasteiger partial charge on any atom is -0.282 e. The van der Waals surface area contributed by atoms with Crippen LogP contribution in [-0.2, 0) is 0 Å². The molecule has 108 valence electrons. The number of benzene rings is 1. The number of aromatic nitrogens is 6. The van der Waals surface area contributed by atoms with E-state index in [1.807, 2.05) is 36.6 Å². The fourth-order valence-corrected chi connectivity index (χ4v) is 2.60. The Bertz CT molecular complexity index is 1040. The fraction of sp³-hybridized carbons (Fsp3) is 0.0714. The molecule has 0 N–H and O–H groups in total. The van der Waals surface area contributed by atoms with E-state index in [4.69, 9.17) is 0 Å². The summed E-state index contributed by atoms with van der Waals surface area (Å²) in [5.41, 5.74) is 1.39. The monoisotopic (exact) mass is 310 g/mol. The highest BCUT2D eigenvalue weighted by Gasteiger charge is 2.12. The molecule has 3 aromatic heterocycles. The van der Waals surface area contributed by atoms with Gasteiger partial charge in [0.05, 0.1) is 0 Å². The molecule has 1 aromatic carbocycles. The number of para-hydroxylation sites is 1. The van der Waals surface area contributed by atoms with Crippen LogP contribution in [0, 0.1) is 0 Å². The number of fused-ring (bicyclic) bond motifs is 3. The molecule has 0 aliphatic rings. The summed E-state index contributed by atoms with van der Waals surface area (Å²) in [6.07, 6.45) is 3.59. The second kappa shape index (κ2) is 4.92. The van der Waals surface area contributed by atoms with Gasteiger partial charge >= 0.3 is 0 Å². The molecule has 4 aromatic rings. The molecule has 0 atom stereocenters. The molecule has 0 saturated heterocycles. The van der Waals surface area contributed by atoms with Gasteiger partial charge in [0.2, 0.25) is 5.16 Å². The van der Waals surface area contributed by atoms with Crippen molar-refractivity contribution in [2.75, 3.05) is 6.26 Å². The van der Waals surface area contributed by atoms with E-state index in [-0.39, 0.29) is 11.1 Å². The van der Waals surface area contributed by atoms with Gasteiger partial charge in [0.1, 0.15) is 5.52 Å². The van der Waals surface area contributed by atoms with Crippen LogP contribution in [0.1, 0.15) is 0 Å². The molecular weight excluding hydrogens is 300 g/mol. The average molecular weight is 310 g/mol. The summed E-state index contributed by atoms with van der Waals surface area (Å²) in [7, 11) is 0. The van der Waals surface area contributed by atoms with Crippen molar-refractivity contribution in [1.82, 2.24) is 29.4 Å². The summed E-state index contributed by atoms with van der Waals surface area (Å²) in [5.74, 6) is 0.383. The van der Waals surface area contributed by atoms with E-state index in [1.54, 1.807) is 16.8 Å². The van der Waals surface area contributed by atoms with Crippen molar-refractivity contribution in [1.29, 1.82) is 0 Å². The number of rotatable bonds is 2. The maximum absolute atomic E-state index is 12.6. The van der Waals surface area contributed by atoms with Gasteiger partial charge in [0.25, 0.3) is 11.3 Å². The van der Waals surface area contributed by atoms with Crippen molar-refractivity contribution in [2.24, 2.45) is 0 Å². The zero-order valence-corrected chi connectivity index (χ0v) is 12.4. The van der Waals surface area contributed by atoms with Crippen molar-refractivity contribution in [2.45, 2.75) is 5.16 Å². The van der Waals surface area contributed by atoms with E-state index in [9.17, 15) is 4.79 Å². The first-order valence-corrected chi connectivity index (χ1v) is 7.74. The lowest BCUT2D eigenvalue weighted by Gasteiger charge is -2.06. The maximum Gasteiger partial charge on any atom is 0.285 e. The molecule has 4 rings (SSSR count). The zero-order chi connectivity index (χ0) is 15.1. The summed E-state index contributed by atoms with van der Waals surface area (Å²) in [6.45, 7) is 0. The van der Waals surface area contributed by atoms with Crippen LogP contribution in [0.3, 0.4) is 0 Å². The first kappa shape index (κ1) is 13.0. The Labute approximate surface area is 128 Å². The third kappa shape index (κ3) is 1.88. The SMILES string of the molecule is CSc1nc2nnc3c(=O)n(-c4ccccc4)ccc3n2n1. The zero-order valence-electron chi connectivity index (χ0n) is 11.5. The molecule has 0 aliphatic heterocycles. The van der Waals surface area contributed by atoms with E-state index >= 15 is 0 Å². The van der Waals surface area contributed by atoms with Gasteiger partial charge in [-0.2, -0.15) is 9.50 Å². The molecule has 0 aliphatic carbocycles. The van der Waals surface area contributed by atoms with Gasteiger partial charge in [-0.05, 0) is 24.5 Å². The minimum absolute atomic E-state index is 0.237. The average Bonchev–Trinajstić information content (AvgIpc) is 2.99. The Morgan fingerprint density at radius 3 is 2.68 bits per heavy atom. The molecule has 0 saturated carbocycles. The predicted molar refractivity (Wildman–Crippen MR) is 83.5 cm³/mol. The van der Waals surface area contributed by atoms with Crippen molar-refractivity contribution in [3.8, 4) is 5.69 Å². The molecular formula is C14H10N6OS. The predicted octanol–water partition coefficient (Wildman–Crippen LogP) is 1.55. The molecule has 0 amide bonds. The Morgan fingerprint density at radius 2 is 1.91 bits per heavy atom. The number of thioether (sulfide) groups is 1. The standard InChI is InChI=1S/C14H10N6OS/c1-22-14-15-13-17-16-11-10(20(13)18-14)7-8-19(12(11)21)9-5-3-2-4-6-9/h2-8H,1H3. The van der Waals surface area contributed by atoms with Gasteiger partial charge in [-0.15, -0.1) is 15.3 Å². The number of pyridine rings is 1. The highest BCUT2D eigenvalue weighted by molar-refractivity contribution is 7.98. The maximum atomic E-state index is 12.6. The Hall–Kier alpha value is -2.74. The summed E-state index contributed by atoms with van der Waals surface area (Å²) in [4.78, 5) is 16.9. The summed E-state index contributed by atoms with van der Waals surface area (Å²) in [6, 6.07) is 11.2. The quantitative estimate of drug-likeness (QED) is 0.523. The molecule has 8 heteroatoms. The Morgan fingerprint density at radius 1 is 1.09 bits per heavy atom. The van der Waals surface area contributed by atoms with E-state index in [1.165, 1.54) is 16.3 Å². The molecule has 7 nitrogen and oxygen atoms in total. The lowest BCUT2D eigenvalue weighted by Crippen LogP contribution is -2.20. The highest BCUT2D eigenvalue weighted by atomic mass is 32.2. The highest BCUT2D eigenvalue weighted by Crippen LogP contribution is 2.14. The van der Waals surface area contributed by atoms with Crippen LogP contribution in [-0.4, -0.2) is 35.6 Å². The van der Waals surface area contributed by atoms with Gasteiger partial charge in [-0.25, -0.2) is 0 Å². The Balaban J connectivity index is 2.04. The summed E-state index contributed by atoms with van der Waals surface area (Å²) >= 11 is 1.41. The summed E-state index contributed by atoms with van der Waals surface area (Å²) < 4.78 is 3.08. The van der Waals surface area contributed by atoms with Gasteiger partial charge in [-0.3, -0.25) is 9.36 Å². The minimum atomic E-state index is -0.237. The van der Waals surface area contributed by atoms with Crippen LogP contribution >= 0.6 is 11.8 Å². The molecule has 0 bridgehead atoms. The van der Waals surface area contributed by atoms with E-state index in [2.05, 4.69) is 20.3 Å². The number of nitrogens with zero attached hydrogens (tertiary/aromatic N) is 6. The van der Waals surface area contributed by atoms with Crippen LogP contribution in [0.5, 0.6) is 0 Å². The van der Waals surface area contributed by atoms with Crippen LogP contribution in [0.4, 0.5) is 0 Å². The van der Waals surface area contributed by atoms with Crippen molar-refractivity contribution in [3.63, 3.8) is 0 Å². The van der Waals surface area contributed by atoms with Gasteiger partial charge in [-0.1, -0.05) is 30.0 Å². The van der Waals surface area contributed by atoms with Crippen LogP contribution < -0.4 is 5.56 Å². The number of hydrogen-bond donors (Lipinski definition) is 0. The van der Waals surface area contributed by atoms with Gasteiger partial charge in [0, 0.05) is 11.9 Å². The van der Waals surface area contributed by atoms with Crippen LogP contribution in [0.2, 0.25) is 0 Å². The first-order chi connectivity index (χ1) is 10.8. The van der Waals surface area contributed by atoms with Gasteiger partial charge < -0.3 is 0 Å². The second-order valence-corrected chi connectivity index (χ2v) is 5.34. The Kier molecular flexibility index (Phi) is 2.90. The van der Waals surface area contributed by atoms with E-state index in [0.29, 0.717) is 16.5 Å². The third-order valence-corrected chi connectivity index (χ3v) is 3.84. The molecule has 22 heavy (non-hydrogen) atoms. The smallest absolute Gasteiger partial charge is 0.282 e. The summed E-state index contributed by atoms with van der Waals surface area (Å²) in [5, 5.41) is 12.9. The number of hydrogen-bond acceptors (Lipinski definition) is 6. The second-order valence-electron chi connectivity index (χ2n) is 4.57. The molecule has 0 spiro atoms. The molecule has 0 radical (unpaired) electrons. The van der Waals surface area contributed by atoms with Crippen molar-refractivity contribution < 1.29 is 0 Å². The third-order valence-electron chi connectivity index (χ3n) is 3.30. The van der Waals surface area contributed by atoms with Crippen LogP contribution in [0.15, 0.2) is 52.5 Å². The largest absolute Gasteiger partial charge is 0.285 e.